The van der Waals surface area contributed by atoms with E-state index in [1.165, 1.54) is 6.92 Å². The summed E-state index contributed by atoms with van der Waals surface area (Å²) < 4.78 is 27.7. The number of hydrogen-bond donors (Lipinski definition) is 2. The maximum Gasteiger partial charge on any atom is 0.225 e. The molecule has 1 saturated heterocycles. The van der Waals surface area contributed by atoms with Crippen LogP contribution < -0.4 is 16.0 Å². The van der Waals surface area contributed by atoms with Gasteiger partial charge in [0.05, 0.1) is 29.5 Å². The van der Waals surface area contributed by atoms with Gasteiger partial charge in [-0.2, -0.15) is 0 Å². The molecule has 0 saturated carbocycles. The van der Waals surface area contributed by atoms with Crippen molar-refractivity contribution in [3.63, 3.8) is 0 Å². The summed E-state index contributed by atoms with van der Waals surface area (Å²) in [4.78, 5) is 10.9. The number of nitrogens with one attached hydrogen (secondary N) is 1. The first-order valence-corrected chi connectivity index (χ1v) is 8.35. The van der Waals surface area contributed by atoms with Crippen LogP contribution in [0.3, 0.4) is 0 Å². The molecule has 3 N–H and O–H groups in total. The molecule has 1 aliphatic rings. The molecule has 2 heterocycles. The van der Waals surface area contributed by atoms with Crippen LogP contribution in [0.1, 0.15) is 32.3 Å². The fourth-order valence-corrected chi connectivity index (χ4v) is 2.87. The highest BCUT2D eigenvalue weighted by atomic mass is 19.1. The normalized spacial score (nSPS) is 16.8. The van der Waals surface area contributed by atoms with Gasteiger partial charge in [-0.25, -0.2) is 18.7 Å². The van der Waals surface area contributed by atoms with Crippen molar-refractivity contribution in [2.75, 3.05) is 29.0 Å². The zero-order valence-corrected chi connectivity index (χ0v) is 14.7. The lowest BCUT2D eigenvalue weighted by Crippen LogP contribution is -2.38. The number of hydrogen-bond acceptors (Lipinski definition) is 5. The molecule has 3 rings (SSSR count). The fraction of sp³-hybridized carbons (Fsp3) is 0.444. The Morgan fingerprint density at radius 3 is 2.36 bits per heavy atom. The van der Waals surface area contributed by atoms with E-state index in [0.29, 0.717) is 17.1 Å². The Hall–Kier alpha value is -2.44. The monoisotopic (exact) mass is 347 g/mol. The predicted octanol–water partition coefficient (Wildman–Crippen LogP) is 4.02. The molecular weight excluding hydrogens is 324 g/mol. The lowest BCUT2D eigenvalue weighted by Gasteiger charge is -2.36. The quantitative estimate of drug-likeness (QED) is 0.821. The molecule has 1 aliphatic heterocycles. The summed E-state index contributed by atoms with van der Waals surface area (Å²) >= 11 is 0. The number of nitrogens with two attached hydrogens (primary N) is 1. The standard InChI is InChI=1S/C18H23F2N5/c1-11-13(19)8-14(21)16(15(11)20)24-12-9-22-17(23-10-12)25-6-4-18(2,3)5-7-25/h8-10,24H,4-7,21H2,1-3H3. The van der Waals surface area contributed by atoms with Crippen LogP contribution in [0.5, 0.6) is 0 Å². The number of piperidine rings is 1. The zero-order valence-electron chi connectivity index (χ0n) is 14.7. The fourth-order valence-electron chi connectivity index (χ4n) is 2.87. The topological polar surface area (TPSA) is 67.1 Å². The van der Waals surface area contributed by atoms with E-state index in [0.717, 1.165) is 32.0 Å². The highest BCUT2D eigenvalue weighted by molar-refractivity contribution is 5.73. The van der Waals surface area contributed by atoms with Crippen LogP contribution in [-0.4, -0.2) is 23.1 Å². The van der Waals surface area contributed by atoms with Gasteiger partial charge in [0, 0.05) is 18.7 Å². The van der Waals surface area contributed by atoms with E-state index in [1.807, 2.05) is 0 Å². The van der Waals surface area contributed by atoms with Gasteiger partial charge in [-0.15, -0.1) is 0 Å². The second-order valence-corrected chi connectivity index (χ2v) is 7.31. The number of halogens is 2. The van der Waals surface area contributed by atoms with Crippen LogP contribution in [-0.2, 0) is 0 Å². The summed E-state index contributed by atoms with van der Waals surface area (Å²) in [7, 11) is 0. The van der Waals surface area contributed by atoms with Gasteiger partial charge in [0.2, 0.25) is 5.95 Å². The van der Waals surface area contributed by atoms with E-state index >= 15 is 0 Å². The third-order valence-corrected chi connectivity index (χ3v) is 4.79. The second-order valence-electron chi connectivity index (χ2n) is 7.31. The molecule has 1 fully saturated rings. The maximum atomic E-state index is 14.2. The average Bonchev–Trinajstić information content (AvgIpc) is 2.57. The molecule has 5 nitrogen and oxygen atoms in total. The van der Waals surface area contributed by atoms with Gasteiger partial charge < -0.3 is 16.0 Å². The average molecular weight is 347 g/mol. The van der Waals surface area contributed by atoms with Gasteiger partial charge in [-0.1, -0.05) is 13.8 Å². The smallest absolute Gasteiger partial charge is 0.225 e. The second kappa shape index (κ2) is 6.46. The van der Waals surface area contributed by atoms with Crippen molar-refractivity contribution in [2.24, 2.45) is 5.41 Å². The molecule has 0 radical (unpaired) electrons. The number of aromatic nitrogens is 2. The Kier molecular flexibility index (Phi) is 4.49. The van der Waals surface area contributed by atoms with Crippen molar-refractivity contribution >= 4 is 23.0 Å². The Balaban J connectivity index is 1.75. The molecule has 1 aromatic heterocycles. The molecule has 7 heteroatoms. The van der Waals surface area contributed by atoms with Gasteiger partial charge in [-0.05, 0) is 31.2 Å². The molecule has 0 unspecified atom stereocenters. The zero-order chi connectivity index (χ0) is 18.2. The molecule has 0 bridgehead atoms. The lowest BCUT2D eigenvalue weighted by molar-refractivity contribution is 0.278. The first-order chi connectivity index (χ1) is 11.8. The Morgan fingerprint density at radius 1 is 1.16 bits per heavy atom. The largest absolute Gasteiger partial charge is 0.397 e. The minimum Gasteiger partial charge on any atom is -0.397 e. The minimum absolute atomic E-state index is 0.00272. The number of benzene rings is 1. The summed E-state index contributed by atoms with van der Waals surface area (Å²) in [5, 5.41) is 2.84. The van der Waals surface area contributed by atoms with Crippen molar-refractivity contribution in [1.29, 1.82) is 0 Å². The Bertz CT molecular complexity index is 764. The van der Waals surface area contributed by atoms with Gasteiger partial charge in [0.25, 0.3) is 0 Å². The van der Waals surface area contributed by atoms with E-state index in [9.17, 15) is 8.78 Å². The molecule has 134 valence electrons. The molecule has 25 heavy (non-hydrogen) atoms. The van der Waals surface area contributed by atoms with Crippen LogP contribution >= 0.6 is 0 Å². The van der Waals surface area contributed by atoms with Crippen LogP contribution in [0.4, 0.5) is 31.8 Å². The summed E-state index contributed by atoms with van der Waals surface area (Å²) in [6.07, 6.45) is 5.35. The molecule has 0 spiro atoms. The van der Waals surface area contributed by atoms with Gasteiger partial charge in [-0.3, -0.25) is 0 Å². The van der Waals surface area contributed by atoms with Crippen molar-refractivity contribution in [1.82, 2.24) is 9.97 Å². The van der Waals surface area contributed by atoms with Crippen molar-refractivity contribution in [3.8, 4) is 0 Å². The third kappa shape index (κ3) is 3.65. The van der Waals surface area contributed by atoms with E-state index in [2.05, 4.69) is 34.0 Å². The maximum absolute atomic E-state index is 14.2. The van der Waals surface area contributed by atoms with Crippen molar-refractivity contribution in [2.45, 2.75) is 33.6 Å². The van der Waals surface area contributed by atoms with Crippen LogP contribution in [0, 0.1) is 24.0 Å². The lowest BCUT2D eigenvalue weighted by atomic mass is 9.83. The highest BCUT2D eigenvalue weighted by Crippen LogP contribution is 2.32. The number of nitrogens with zero attached hydrogens (tertiary/aromatic N) is 3. The Labute approximate surface area is 146 Å². The van der Waals surface area contributed by atoms with Gasteiger partial charge in [0.1, 0.15) is 5.82 Å². The van der Waals surface area contributed by atoms with Crippen molar-refractivity contribution < 1.29 is 8.78 Å². The summed E-state index contributed by atoms with van der Waals surface area (Å²) in [5.74, 6) is -0.718. The van der Waals surface area contributed by atoms with Crippen LogP contribution in [0.2, 0.25) is 0 Å². The van der Waals surface area contributed by atoms with Crippen LogP contribution in [0.15, 0.2) is 18.5 Å². The van der Waals surface area contributed by atoms with E-state index < -0.39 is 11.6 Å². The highest BCUT2D eigenvalue weighted by Gasteiger charge is 2.26. The predicted molar refractivity (Wildman–Crippen MR) is 96.1 cm³/mol. The first kappa shape index (κ1) is 17.4. The molecule has 0 atom stereocenters. The van der Waals surface area contributed by atoms with Gasteiger partial charge in [0.15, 0.2) is 5.82 Å². The summed E-state index contributed by atoms with van der Waals surface area (Å²) in [6, 6.07) is 1.10. The molecule has 0 amide bonds. The Morgan fingerprint density at radius 2 is 1.76 bits per heavy atom. The SMILES string of the molecule is Cc1c(F)cc(N)c(Nc2cnc(N3CCC(C)(C)CC3)nc2)c1F. The van der Waals surface area contributed by atoms with Crippen molar-refractivity contribution in [3.05, 3.63) is 35.7 Å². The third-order valence-electron chi connectivity index (χ3n) is 4.79. The number of nitrogen functional groups attached to an aromatic ring is 1. The minimum atomic E-state index is -0.708. The number of anilines is 4. The molecular formula is C18H23F2N5. The number of rotatable bonds is 3. The molecule has 0 aliphatic carbocycles. The molecule has 2 aromatic rings. The molecule has 1 aromatic carbocycles. The van der Waals surface area contributed by atoms with E-state index in [4.69, 9.17) is 5.73 Å². The van der Waals surface area contributed by atoms with E-state index in [-0.39, 0.29) is 16.9 Å². The van der Waals surface area contributed by atoms with Gasteiger partial charge >= 0.3 is 0 Å². The van der Waals surface area contributed by atoms with Crippen LogP contribution in [0.25, 0.3) is 0 Å². The van der Waals surface area contributed by atoms with E-state index in [1.54, 1.807) is 12.4 Å². The summed E-state index contributed by atoms with van der Waals surface area (Å²) in [5.41, 5.74) is 6.53. The summed E-state index contributed by atoms with van der Waals surface area (Å²) in [6.45, 7) is 7.73. The first-order valence-electron chi connectivity index (χ1n) is 8.35.